The molecule has 0 radical (unpaired) electrons. The molecule has 0 bridgehead atoms. The van der Waals surface area contributed by atoms with Crippen LogP contribution in [-0.4, -0.2) is 68.4 Å². The highest BCUT2D eigenvalue weighted by atomic mass is 19.1. The van der Waals surface area contributed by atoms with E-state index in [0.717, 1.165) is 25.7 Å². The number of fused-ring (bicyclic) bond motifs is 1. The molecule has 34 heavy (non-hydrogen) atoms. The lowest BCUT2D eigenvalue weighted by molar-refractivity contribution is -0.165. The third kappa shape index (κ3) is 4.93. The lowest BCUT2D eigenvalue weighted by Gasteiger charge is -2.29. The minimum Gasteiger partial charge on any atom is -0.456 e. The molecule has 5 atom stereocenters. The summed E-state index contributed by atoms with van der Waals surface area (Å²) in [6.45, 7) is 2.59. The number of carbonyl (C=O) groups is 1. The molecule has 0 aromatic carbocycles. The van der Waals surface area contributed by atoms with E-state index >= 15 is 4.39 Å². The summed E-state index contributed by atoms with van der Waals surface area (Å²) < 4.78 is 34.8. The van der Waals surface area contributed by atoms with Gasteiger partial charge < -0.3 is 30.4 Å². The topological polar surface area (TPSA) is 147 Å². The Morgan fingerprint density at radius 3 is 2.82 bits per heavy atom. The Hall–Kier alpha value is -2.57. The van der Waals surface area contributed by atoms with E-state index in [-0.39, 0.29) is 30.5 Å². The van der Waals surface area contributed by atoms with Crippen LogP contribution in [0.25, 0.3) is 11.2 Å². The van der Waals surface area contributed by atoms with Crippen molar-refractivity contribution < 1.29 is 28.5 Å². The van der Waals surface area contributed by atoms with Crippen LogP contribution in [0, 0.1) is 5.92 Å². The molecular formula is C22H33FN6O5. The van der Waals surface area contributed by atoms with Crippen LogP contribution in [0.1, 0.15) is 58.6 Å². The fourth-order valence-electron chi connectivity index (χ4n) is 4.86. The smallest absolute Gasteiger partial charge is 0.306 e. The second kappa shape index (κ2) is 9.96. The number of aliphatic hydroxyl groups excluding tert-OH is 1. The van der Waals surface area contributed by atoms with E-state index in [1.807, 2.05) is 0 Å². The fourth-order valence-corrected chi connectivity index (χ4v) is 4.86. The molecule has 0 amide bonds. The zero-order valence-corrected chi connectivity index (χ0v) is 19.7. The van der Waals surface area contributed by atoms with E-state index in [1.165, 1.54) is 31.2 Å². The molecule has 12 heteroatoms. The van der Waals surface area contributed by atoms with Crippen LogP contribution < -0.4 is 11.1 Å². The maximum atomic E-state index is 16.4. The van der Waals surface area contributed by atoms with Crippen LogP contribution in [0.3, 0.4) is 0 Å². The zero-order valence-electron chi connectivity index (χ0n) is 19.7. The predicted octanol–water partition coefficient (Wildman–Crippen LogP) is 2.31. The summed E-state index contributed by atoms with van der Waals surface area (Å²) >= 11 is 0. The van der Waals surface area contributed by atoms with Gasteiger partial charge in [0.25, 0.3) is 0 Å². The highest BCUT2D eigenvalue weighted by Gasteiger charge is 2.58. The molecule has 2 aromatic heterocycles. The van der Waals surface area contributed by atoms with Gasteiger partial charge in [-0.2, -0.15) is 9.97 Å². The number of ether oxygens (including phenoxy) is 3. The normalized spacial score (nSPS) is 28.8. The number of anilines is 2. The number of aliphatic hydroxyl groups is 1. The van der Waals surface area contributed by atoms with E-state index in [0.29, 0.717) is 11.3 Å². The largest absolute Gasteiger partial charge is 0.456 e. The Kier molecular flexibility index (Phi) is 7.20. The molecule has 3 heterocycles. The number of esters is 1. The first-order chi connectivity index (χ1) is 16.2. The van der Waals surface area contributed by atoms with Crippen LogP contribution in [-0.2, 0) is 19.0 Å². The van der Waals surface area contributed by atoms with Crippen LogP contribution in [0.15, 0.2) is 6.33 Å². The van der Waals surface area contributed by atoms with Gasteiger partial charge in [-0.1, -0.05) is 19.3 Å². The summed E-state index contributed by atoms with van der Waals surface area (Å²) in [5, 5.41) is 12.5. The molecule has 1 unspecified atom stereocenters. The summed E-state index contributed by atoms with van der Waals surface area (Å²) in [6, 6.07) is 0. The van der Waals surface area contributed by atoms with Crippen molar-refractivity contribution >= 4 is 28.9 Å². The third-order valence-corrected chi connectivity index (χ3v) is 6.55. The average molecular weight is 481 g/mol. The molecule has 11 nitrogen and oxygen atoms in total. The molecule has 2 aromatic rings. The van der Waals surface area contributed by atoms with Crippen molar-refractivity contribution in [3.8, 4) is 0 Å². The summed E-state index contributed by atoms with van der Waals surface area (Å²) in [4.78, 5) is 25.4. The van der Waals surface area contributed by atoms with Gasteiger partial charge in [0.15, 0.2) is 41.3 Å². The number of nitrogen functional groups attached to an aromatic ring is 1. The van der Waals surface area contributed by atoms with Gasteiger partial charge in [-0.15, -0.1) is 0 Å². The molecular weight excluding hydrogens is 447 g/mol. The lowest BCUT2D eigenvalue weighted by Crippen LogP contribution is -2.44. The number of halogens is 1. The SMILES string of the molecule is CNc1nc(N)nc2c1ncn2[C@@H]1O[C@H](COC(C)O)[C@@H](OC(=O)CC2CCCCC2)[C@@]1(C)F. The summed E-state index contributed by atoms with van der Waals surface area (Å²) in [5.74, 6) is 0.159. The van der Waals surface area contributed by atoms with Crippen molar-refractivity contribution in [2.75, 3.05) is 24.7 Å². The number of nitrogens with two attached hydrogens (primary N) is 1. The second-order valence-electron chi connectivity index (χ2n) is 9.23. The first kappa shape index (κ1) is 24.6. The Labute approximate surface area is 197 Å². The number of carbonyl (C=O) groups excluding carboxylic acids is 1. The molecule has 1 saturated heterocycles. The summed E-state index contributed by atoms with van der Waals surface area (Å²) in [5.41, 5.74) is 4.35. The second-order valence-corrected chi connectivity index (χ2v) is 9.23. The first-order valence-corrected chi connectivity index (χ1v) is 11.7. The molecule has 4 rings (SSSR count). The van der Waals surface area contributed by atoms with Crippen molar-refractivity contribution in [2.24, 2.45) is 5.92 Å². The molecule has 1 saturated carbocycles. The van der Waals surface area contributed by atoms with E-state index in [9.17, 15) is 9.90 Å². The molecule has 1 aliphatic heterocycles. The first-order valence-electron chi connectivity index (χ1n) is 11.7. The van der Waals surface area contributed by atoms with Gasteiger partial charge in [-0.05, 0) is 32.6 Å². The molecule has 2 aliphatic rings. The number of nitrogens with one attached hydrogen (secondary N) is 1. The Bertz CT molecular complexity index is 1010. The lowest BCUT2D eigenvalue weighted by atomic mass is 9.87. The van der Waals surface area contributed by atoms with E-state index in [1.54, 1.807) is 7.05 Å². The predicted molar refractivity (Wildman–Crippen MR) is 121 cm³/mol. The molecule has 4 N–H and O–H groups in total. The van der Waals surface area contributed by atoms with E-state index in [4.69, 9.17) is 19.9 Å². The van der Waals surface area contributed by atoms with Gasteiger partial charge >= 0.3 is 5.97 Å². The van der Waals surface area contributed by atoms with Gasteiger partial charge in [0.1, 0.15) is 6.10 Å². The van der Waals surface area contributed by atoms with Crippen LogP contribution in [0.2, 0.25) is 0 Å². The number of hydrogen-bond donors (Lipinski definition) is 3. The molecule has 1 aliphatic carbocycles. The van der Waals surface area contributed by atoms with Crippen LogP contribution in [0.5, 0.6) is 0 Å². The van der Waals surface area contributed by atoms with Gasteiger partial charge in [-0.3, -0.25) is 9.36 Å². The maximum absolute atomic E-state index is 16.4. The van der Waals surface area contributed by atoms with Crippen molar-refractivity contribution in [2.45, 2.75) is 82.8 Å². The maximum Gasteiger partial charge on any atom is 0.306 e. The minimum atomic E-state index is -2.15. The number of nitrogens with zero attached hydrogens (tertiary/aromatic N) is 4. The molecule has 0 spiro atoms. The number of alkyl halides is 1. The highest BCUT2D eigenvalue weighted by Crippen LogP contribution is 2.44. The van der Waals surface area contributed by atoms with Gasteiger partial charge in [0, 0.05) is 13.5 Å². The van der Waals surface area contributed by atoms with Crippen molar-refractivity contribution in [3.63, 3.8) is 0 Å². The number of imidazole rings is 1. The van der Waals surface area contributed by atoms with E-state index < -0.39 is 36.4 Å². The summed E-state index contributed by atoms with van der Waals surface area (Å²) in [6.07, 6.45) is 2.39. The van der Waals surface area contributed by atoms with E-state index in [2.05, 4.69) is 20.3 Å². The van der Waals surface area contributed by atoms with Gasteiger partial charge in [-0.25, -0.2) is 9.37 Å². The molecule has 2 fully saturated rings. The fraction of sp³-hybridized carbons (Fsp3) is 0.727. The van der Waals surface area contributed by atoms with Crippen LogP contribution >= 0.6 is 0 Å². The highest BCUT2D eigenvalue weighted by molar-refractivity contribution is 5.84. The van der Waals surface area contributed by atoms with Gasteiger partial charge in [0.05, 0.1) is 12.9 Å². The number of hydrogen-bond acceptors (Lipinski definition) is 10. The Morgan fingerprint density at radius 2 is 2.15 bits per heavy atom. The van der Waals surface area contributed by atoms with Crippen LogP contribution in [0.4, 0.5) is 16.2 Å². The van der Waals surface area contributed by atoms with Gasteiger partial charge in [0.2, 0.25) is 5.95 Å². The van der Waals surface area contributed by atoms with Crippen molar-refractivity contribution in [1.82, 2.24) is 19.5 Å². The number of aromatic nitrogens is 4. The zero-order chi connectivity index (χ0) is 24.5. The minimum absolute atomic E-state index is 0.0124. The van der Waals surface area contributed by atoms with Crippen molar-refractivity contribution in [1.29, 1.82) is 0 Å². The Morgan fingerprint density at radius 1 is 1.41 bits per heavy atom. The average Bonchev–Trinajstić information content (AvgIpc) is 3.30. The van der Waals surface area contributed by atoms with Crippen molar-refractivity contribution in [3.05, 3.63) is 6.33 Å². The monoisotopic (exact) mass is 480 g/mol. The number of rotatable bonds is 8. The quantitative estimate of drug-likeness (QED) is 0.380. The summed E-state index contributed by atoms with van der Waals surface area (Å²) in [7, 11) is 1.66. The molecule has 188 valence electrons. The Balaban J connectivity index is 1.61. The standard InChI is InChI=1S/C22H33FN6O5/c1-12(30)32-10-14-17(34-15(31)9-13-7-5-4-6-8-13)22(2,23)20(33-14)29-11-26-16-18(25-3)27-21(24)28-19(16)29/h11-14,17,20,30H,4-10H2,1-3H3,(H3,24,25,27,28)/t12?,14-,17-,20-,22-/m1/s1. The third-order valence-electron chi connectivity index (χ3n) is 6.55.